The van der Waals surface area contributed by atoms with Gasteiger partial charge in [0.1, 0.15) is 0 Å². The predicted molar refractivity (Wildman–Crippen MR) is 110 cm³/mol. The van der Waals surface area contributed by atoms with Crippen LogP contribution in [-0.4, -0.2) is 47.6 Å². The highest BCUT2D eigenvalue weighted by molar-refractivity contribution is 9.10. The van der Waals surface area contributed by atoms with Crippen molar-refractivity contribution in [1.29, 1.82) is 0 Å². The van der Waals surface area contributed by atoms with Gasteiger partial charge in [-0.05, 0) is 55.4 Å². The molecule has 3 fully saturated rings. The number of nitrogens with zero attached hydrogens (tertiary/aromatic N) is 1. The second-order valence-electron chi connectivity index (χ2n) is 8.13. The summed E-state index contributed by atoms with van der Waals surface area (Å²) in [4.78, 5) is 62.0. The molecule has 4 rings (SSSR count). The summed E-state index contributed by atoms with van der Waals surface area (Å²) in [6.45, 7) is -0.623. The molecule has 10 heteroatoms. The van der Waals surface area contributed by atoms with E-state index >= 15 is 0 Å². The van der Waals surface area contributed by atoms with Gasteiger partial charge in [-0.2, -0.15) is 0 Å². The standard InChI is InChI=1S/C21H22BrN3O6/c22-14-5-3-11(4-6-14)19(28)24-23-15(26)10-31-16(27)7-8-25-20(29)17-12-1-2-13(9-12)18(17)21(25)30/h3-6,12-13,17-18H,1-2,7-10H2,(H,23,26)(H,24,28)/t12-,13-,17-,18+/m0/s1. The van der Waals surface area contributed by atoms with Crippen molar-refractivity contribution in [1.82, 2.24) is 15.8 Å². The number of amides is 4. The highest BCUT2D eigenvalue weighted by Gasteiger charge is 2.60. The number of halogens is 1. The Labute approximate surface area is 187 Å². The van der Waals surface area contributed by atoms with Gasteiger partial charge in [-0.25, -0.2) is 0 Å². The van der Waals surface area contributed by atoms with E-state index in [4.69, 9.17) is 4.74 Å². The van der Waals surface area contributed by atoms with Crippen molar-refractivity contribution in [3.63, 3.8) is 0 Å². The summed E-state index contributed by atoms with van der Waals surface area (Å²) in [7, 11) is 0. The van der Waals surface area contributed by atoms with E-state index < -0.39 is 24.4 Å². The molecule has 2 N–H and O–H groups in total. The number of carbonyl (C=O) groups excluding carboxylic acids is 5. The van der Waals surface area contributed by atoms with Gasteiger partial charge in [0.2, 0.25) is 11.8 Å². The van der Waals surface area contributed by atoms with E-state index in [1.54, 1.807) is 24.3 Å². The van der Waals surface area contributed by atoms with E-state index in [0.717, 1.165) is 23.7 Å². The lowest BCUT2D eigenvalue weighted by Gasteiger charge is -2.19. The number of benzene rings is 1. The molecule has 1 saturated heterocycles. The molecule has 0 aromatic heterocycles. The molecule has 4 atom stereocenters. The molecule has 31 heavy (non-hydrogen) atoms. The van der Waals surface area contributed by atoms with Crippen LogP contribution in [0.15, 0.2) is 28.7 Å². The molecule has 3 aliphatic rings. The predicted octanol–water partition coefficient (Wildman–Crippen LogP) is 1.17. The number of nitrogens with one attached hydrogen (secondary N) is 2. The van der Waals surface area contributed by atoms with E-state index in [1.807, 2.05) is 0 Å². The van der Waals surface area contributed by atoms with Gasteiger partial charge in [-0.15, -0.1) is 0 Å². The van der Waals surface area contributed by atoms with Crippen molar-refractivity contribution in [2.24, 2.45) is 23.7 Å². The summed E-state index contributed by atoms with van der Waals surface area (Å²) in [6, 6.07) is 6.52. The Morgan fingerprint density at radius 2 is 1.61 bits per heavy atom. The van der Waals surface area contributed by atoms with Crippen LogP contribution in [0.1, 0.15) is 36.0 Å². The maximum atomic E-state index is 12.6. The summed E-state index contributed by atoms with van der Waals surface area (Å²) in [5.41, 5.74) is 4.73. The number of imide groups is 1. The van der Waals surface area contributed by atoms with E-state index in [2.05, 4.69) is 26.8 Å². The van der Waals surface area contributed by atoms with Crippen LogP contribution in [0.3, 0.4) is 0 Å². The van der Waals surface area contributed by atoms with Crippen molar-refractivity contribution in [3.8, 4) is 0 Å². The first-order valence-corrected chi connectivity index (χ1v) is 11.0. The topological polar surface area (TPSA) is 122 Å². The van der Waals surface area contributed by atoms with Gasteiger partial charge in [-0.1, -0.05) is 15.9 Å². The van der Waals surface area contributed by atoms with Crippen molar-refractivity contribution in [2.45, 2.75) is 25.7 Å². The van der Waals surface area contributed by atoms with Gasteiger partial charge >= 0.3 is 5.97 Å². The minimum Gasteiger partial charge on any atom is -0.455 e. The zero-order chi connectivity index (χ0) is 22.1. The molecule has 0 unspecified atom stereocenters. The fraction of sp³-hybridized carbons (Fsp3) is 0.476. The van der Waals surface area contributed by atoms with Crippen LogP contribution in [-0.2, 0) is 23.9 Å². The number of esters is 1. The first kappa shape index (κ1) is 21.5. The van der Waals surface area contributed by atoms with Gasteiger partial charge in [-0.3, -0.25) is 39.7 Å². The summed E-state index contributed by atoms with van der Waals surface area (Å²) in [6.07, 6.45) is 2.77. The van der Waals surface area contributed by atoms with Crippen molar-refractivity contribution < 1.29 is 28.7 Å². The minimum absolute atomic E-state index is 0.0368. The van der Waals surface area contributed by atoms with Gasteiger partial charge in [0, 0.05) is 16.6 Å². The second-order valence-corrected chi connectivity index (χ2v) is 9.05. The van der Waals surface area contributed by atoms with Gasteiger partial charge in [0.25, 0.3) is 11.8 Å². The summed E-state index contributed by atoms with van der Waals surface area (Å²) in [5.74, 6) is -2.14. The number of hydrogen-bond acceptors (Lipinski definition) is 6. The van der Waals surface area contributed by atoms with Crippen molar-refractivity contribution in [3.05, 3.63) is 34.3 Å². The third-order valence-corrected chi connectivity index (χ3v) is 6.87. The quantitative estimate of drug-likeness (QED) is 0.350. The molecule has 0 spiro atoms. The van der Waals surface area contributed by atoms with E-state index in [-0.39, 0.29) is 36.6 Å². The molecule has 9 nitrogen and oxygen atoms in total. The minimum atomic E-state index is -0.710. The first-order valence-electron chi connectivity index (χ1n) is 10.2. The maximum Gasteiger partial charge on any atom is 0.308 e. The molecule has 2 bridgehead atoms. The Morgan fingerprint density at radius 1 is 1.00 bits per heavy atom. The fourth-order valence-corrected chi connectivity index (χ4v) is 5.21. The lowest BCUT2D eigenvalue weighted by molar-refractivity contribution is -0.150. The number of likely N-dealkylation sites (tertiary alicyclic amines) is 1. The van der Waals surface area contributed by atoms with Crippen LogP contribution < -0.4 is 10.9 Å². The summed E-state index contributed by atoms with van der Waals surface area (Å²) >= 11 is 3.26. The van der Waals surface area contributed by atoms with Gasteiger partial charge in [0.15, 0.2) is 6.61 Å². The number of carbonyl (C=O) groups is 5. The number of rotatable bonds is 6. The van der Waals surface area contributed by atoms with Crippen LogP contribution in [0.2, 0.25) is 0 Å². The SMILES string of the molecule is O=C(COC(=O)CCN1C(=O)[C@@H]2[C@H]3CC[C@@H](C3)[C@@H]2C1=O)NNC(=O)c1ccc(Br)cc1. The average molecular weight is 492 g/mol. The Kier molecular flexibility index (Phi) is 6.08. The molecule has 0 radical (unpaired) electrons. The molecule has 2 aliphatic carbocycles. The normalized spacial score (nSPS) is 26.0. The number of hydrazine groups is 1. The van der Waals surface area contributed by atoms with Crippen molar-refractivity contribution in [2.75, 3.05) is 13.2 Å². The zero-order valence-electron chi connectivity index (χ0n) is 16.6. The van der Waals surface area contributed by atoms with E-state index in [9.17, 15) is 24.0 Å². The molecular weight excluding hydrogens is 470 g/mol. The monoisotopic (exact) mass is 491 g/mol. The second kappa shape index (κ2) is 8.78. The van der Waals surface area contributed by atoms with Crippen LogP contribution in [0.25, 0.3) is 0 Å². The zero-order valence-corrected chi connectivity index (χ0v) is 18.2. The molecule has 4 amide bonds. The first-order chi connectivity index (χ1) is 14.8. The highest BCUT2D eigenvalue weighted by atomic mass is 79.9. The van der Waals surface area contributed by atoms with Crippen LogP contribution in [0.4, 0.5) is 0 Å². The largest absolute Gasteiger partial charge is 0.455 e. The summed E-state index contributed by atoms with van der Waals surface area (Å²) < 4.78 is 5.69. The molecule has 1 aliphatic heterocycles. The lowest BCUT2D eigenvalue weighted by atomic mass is 9.81. The van der Waals surface area contributed by atoms with Crippen LogP contribution in [0.5, 0.6) is 0 Å². The van der Waals surface area contributed by atoms with Crippen LogP contribution >= 0.6 is 15.9 Å². The highest BCUT2D eigenvalue weighted by Crippen LogP contribution is 2.56. The number of hydrogen-bond donors (Lipinski definition) is 2. The maximum absolute atomic E-state index is 12.6. The Hall–Kier alpha value is -2.75. The third kappa shape index (κ3) is 4.34. The molecule has 1 heterocycles. The molecule has 164 valence electrons. The molecular formula is C21H22BrN3O6. The summed E-state index contributed by atoms with van der Waals surface area (Å²) in [5, 5.41) is 0. The third-order valence-electron chi connectivity index (χ3n) is 6.34. The van der Waals surface area contributed by atoms with Crippen LogP contribution in [0, 0.1) is 23.7 Å². The smallest absolute Gasteiger partial charge is 0.308 e. The lowest BCUT2D eigenvalue weighted by Crippen LogP contribution is -2.43. The molecule has 1 aromatic rings. The average Bonchev–Trinajstić information content (AvgIpc) is 3.44. The number of ether oxygens (including phenoxy) is 1. The molecule has 2 saturated carbocycles. The van der Waals surface area contributed by atoms with Gasteiger partial charge < -0.3 is 4.74 Å². The van der Waals surface area contributed by atoms with Crippen molar-refractivity contribution >= 4 is 45.5 Å². The number of fused-ring (bicyclic) bond motifs is 5. The Balaban J connectivity index is 1.17. The fourth-order valence-electron chi connectivity index (χ4n) is 4.95. The van der Waals surface area contributed by atoms with E-state index in [1.165, 1.54) is 4.90 Å². The van der Waals surface area contributed by atoms with E-state index in [0.29, 0.717) is 17.4 Å². The van der Waals surface area contributed by atoms with Gasteiger partial charge in [0.05, 0.1) is 18.3 Å². The molecule has 1 aromatic carbocycles. The Bertz CT molecular complexity index is 906. The Morgan fingerprint density at radius 3 is 2.23 bits per heavy atom.